The predicted molar refractivity (Wildman–Crippen MR) is 81.1 cm³/mol. The third-order valence-electron chi connectivity index (χ3n) is 2.82. The minimum atomic E-state index is 0.222. The summed E-state index contributed by atoms with van der Waals surface area (Å²) in [4.78, 5) is 8.88. The topological polar surface area (TPSA) is 19.4 Å². The molecule has 0 N–H and O–H groups in total. The van der Waals surface area contributed by atoms with E-state index in [-0.39, 0.29) is 10.8 Å². The lowest BCUT2D eigenvalue weighted by molar-refractivity contribution is 0.406. The van der Waals surface area contributed by atoms with Crippen LogP contribution in [0.1, 0.15) is 41.5 Å². The summed E-state index contributed by atoms with van der Waals surface area (Å²) in [6.45, 7) is 18.8. The summed E-state index contributed by atoms with van der Waals surface area (Å²) < 4.78 is 0. The first-order valence-electron chi connectivity index (χ1n) is 6.92. The van der Waals surface area contributed by atoms with E-state index >= 15 is 0 Å². The van der Waals surface area contributed by atoms with E-state index < -0.39 is 0 Å². The highest BCUT2D eigenvalue weighted by atomic mass is 15.4. The number of hydrogen-bond acceptors (Lipinski definition) is 3. The molecular formula is C16H25N3. The van der Waals surface area contributed by atoms with Gasteiger partial charge >= 0.3 is 0 Å². The Morgan fingerprint density at radius 3 is 2.16 bits per heavy atom. The number of pyridine rings is 1. The van der Waals surface area contributed by atoms with Crippen LogP contribution in [0, 0.1) is 17.5 Å². The number of aromatic nitrogens is 1. The third kappa shape index (κ3) is 3.62. The van der Waals surface area contributed by atoms with E-state index in [1.165, 1.54) is 5.69 Å². The lowest BCUT2D eigenvalue weighted by Gasteiger charge is -2.29. The second-order valence-electron chi connectivity index (χ2n) is 7.74. The Morgan fingerprint density at radius 2 is 1.58 bits per heavy atom. The quantitative estimate of drug-likeness (QED) is 0.805. The fourth-order valence-electron chi connectivity index (χ4n) is 2.23. The van der Waals surface area contributed by atoms with Crippen molar-refractivity contribution >= 4 is 11.5 Å². The molecule has 0 aliphatic carbocycles. The zero-order valence-electron chi connectivity index (χ0n) is 13.0. The van der Waals surface area contributed by atoms with Crippen molar-refractivity contribution in [3.63, 3.8) is 0 Å². The smallest absolute Gasteiger partial charge is 0.210 e. The van der Waals surface area contributed by atoms with E-state index in [1.54, 1.807) is 0 Å². The third-order valence-corrected chi connectivity index (χ3v) is 2.82. The van der Waals surface area contributed by atoms with Gasteiger partial charge in [-0.25, -0.2) is 4.98 Å². The van der Waals surface area contributed by atoms with Crippen LogP contribution in [0.3, 0.4) is 0 Å². The number of anilines is 2. The highest BCUT2D eigenvalue weighted by molar-refractivity contribution is 5.74. The van der Waals surface area contributed by atoms with Crippen molar-refractivity contribution in [1.29, 1.82) is 0 Å². The second kappa shape index (κ2) is 4.69. The molecular weight excluding hydrogens is 234 g/mol. The van der Waals surface area contributed by atoms with Gasteiger partial charge in [0.25, 0.3) is 0 Å². The first kappa shape index (κ1) is 14.2. The van der Waals surface area contributed by atoms with Crippen LogP contribution in [0.5, 0.6) is 0 Å². The molecule has 0 amide bonds. The molecule has 0 fully saturated rings. The molecule has 3 heteroatoms. The summed E-state index contributed by atoms with van der Waals surface area (Å²) in [5, 5.41) is 0. The first-order valence-corrected chi connectivity index (χ1v) is 6.92. The van der Waals surface area contributed by atoms with E-state index in [0.717, 1.165) is 18.9 Å². The maximum absolute atomic E-state index is 4.53. The highest BCUT2D eigenvalue weighted by Crippen LogP contribution is 2.39. The molecule has 1 aromatic heterocycles. The van der Waals surface area contributed by atoms with Crippen molar-refractivity contribution in [3.05, 3.63) is 25.0 Å². The molecule has 0 saturated heterocycles. The maximum Gasteiger partial charge on any atom is 0.210 e. The Morgan fingerprint density at radius 1 is 1.00 bits per heavy atom. The van der Waals surface area contributed by atoms with Gasteiger partial charge in [-0.1, -0.05) is 41.5 Å². The standard InChI is InChI=1S/C16H25N3/c1-15(2,3)10-18-12-19(11-16(4,5)6)14-13(18)8-7-9-17-14/h7-9H,10-11H2,1-6H3. The van der Waals surface area contributed by atoms with Crippen molar-refractivity contribution in [3.8, 4) is 0 Å². The molecule has 0 saturated carbocycles. The van der Waals surface area contributed by atoms with E-state index in [0.29, 0.717) is 0 Å². The monoisotopic (exact) mass is 259 g/mol. The minimum Gasteiger partial charge on any atom is -0.338 e. The number of hydrogen-bond donors (Lipinski definition) is 0. The number of rotatable bonds is 2. The zero-order chi connectivity index (χ0) is 14.3. The normalized spacial score (nSPS) is 15.9. The molecule has 3 nitrogen and oxygen atoms in total. The lowest BCUT2D eigenvalue weighted by atomic mass is 9.96. The highest BCUT2D eigenvalue weighted by Gasteiger charge is 2.33. The molecule has 0 bridgehead atoms. The largest absolute Gasteiger partial charge is 0.338 e. The van der Waals surface area contributed by atoms with Crippen LogP contribution < -0.4 is 9.80 Å². The van der Waals surface area contributed by atoms with Crippen molar-refractivity contribution in [2.45, 2.75) is 41.5 Å². The predicted octanol–water partition coefficient (Wildman–Crippen LogP) is 3.80. The van der Waals surface area contributed by atoms with Gasteiger partial charge in [-0.2, -0.15) is 0 Å². The van der Waals surface area contributed by atoms with Gasteiger partial charge in [-0.15, -0.1) is 0 Å². The Bertz CT molecular complexity index is 399. The summed E-state index contributed by atoms with van der Waals surface area (Å²) in [5.41, 5.74) is 1.62. The fourth-order valence-corrected chi connectivity index (χ4v) is 2.23. The molecule has 0 atom stereocenters. The number of fused-ring (bicyclic) bond motifs is 1. The van der Waals surface area contributed by atoms with Gasteiger partial charge in [-0.05, 0) is 23.0 Å². The second-order valence-corrected chi connectivity index (χ2v) is 7.74. The average molecular weight is 259 g/mol. The van der Waals surface area contributed by atoms with Gasteiger partial charge < -0.3 is 9.80 Å². The minimum absolute atomic E-state index is 0.222. The SMILES string of the molecule is CC(C)(C)CN1[C]N(CC(C)(C)C)c2ncccc21. The number of nitrogens with zero attached hydrogens (tertiary/aromatic N) is 3. The van der Waals surface area contributed by atoms with Gasteiger partial charge in [0.2, 0.25) is 6.67 Å². The summed E-state index contributed by atoms with van der Waals surface area (Å²) in [7, 11) is 0. The molecule has 104 valence electrons. The van der Waals surface area contributed by atoms with Crippen molar-refractivity contribution in [2.75, 3.05) is 22.9 Å². The van der Waals surface area contributed by atoms with Gasteiger partial charge in [0, 0.05) is 19.3 Å². The Hall–Kier alpha value is -1.25. The summed E-state index contributed by atoms with van der Waals surface area (Å²) in [5.74, 6) is 1.03. The van der Waals surface area contributed by atoms with Crippen LogP contribution in [0.4, 0.5) is 11.5 Å². The van der Waals surface area contributed by atoms with Crippen molar-refractivity contribution in [1.82, 2.24) is 4.98 Å². The molecule has 2 heterocycles. The molecule has 1 aliphatic heterocycles. The summed E-state index contributed by atoms with van der Waals surface area (Å²) in [6.07, 6.45) is 1.86. The van der Waals surface area contributed by atoms with Gasteiger partial charge in [0.15, 0.2) is 5.82 Å². The molecule has 19 heavy (non-hydrogen) atoms. The Labute approximate surface area is 117 Å². The molecule has 1 aliphatic rings. The zero-order valence-corrected chi connectivity index (χ0v) is 13.0. The van der Waals surface area contributed by atoms with E-state index in [4.69, 9.17) is 0 Å². The average Bonchev–Trinajstić information content (AvgIpc) is 2.53. The van der Waals surface area contributed by atoms with Gasteiger partial charge in [-0.3, -0.25) is 0 Å². The van der Waals surface area contributed by atoms with E-state index in [9.17, 15) is 0 Å². The first-order chi connectivity index (χ1) is 8.66. The molecule has 0 spiro atoms. The molecule has 2 rings (SSSR count). The van der Waals surface area contributed by atoms with Crippen LogP contribution in [-0.4, -0.2) is 18.1 Å². The van der Waals surface area contributed by atoms with Crippen LogP contribution in [0.25, 0.3) is 0 Å². The summed E-state index contributed by atoms with van der Waals surface area (Å²) in [6, 6.07) is 4.13. The maximum atomic E-state index is 4.53. The van der Waals surface area contributed by atoms with Crippen LogP contribution in [0.15, 0.2) is 18.3 Å². The molecule has 0 unspecified atom stereocenters. The van der Waals surface area contributed by atoms with Crippen LogP contribution >= 0.6 is 0 Å². The van der Waals surface area contributed by atoms with Gasteiger partial charge in [0.1, 0.15) is 0 Å². The van der Waals surface area contributed by atoms with Gasteiger partial charge in [0.05, 0.1) is 5.69 Å². The fraction of sp³-hybridized carbons (Fsp3) is 0.625. The molecule has 0 aromatic carbocycles. The lowest BCUT2D eigenvalue weighted by Crippen LogP contribution is -2.35. The van der Waals surface area contributed by atoms with E-state index in [2.05, 4.69) is 69.1 Å². The Balaban J connectivity index is 2.23. The van der Waals surface area contributed by atoms with Crippen molar-refractivity contribution in [2.24, 2.45) is 10.8 Å². The van der Waals surface area contributed by atoms with Crippen molar-refractivity contribution < 1.29 is 0 Å². The van der Waals surface area contributed by atoms with Crippen LogP contribution in [-0.2, 0) is 0 Å². The Kier molecular flexibility index (Phi) is 3.50. The van der Waals surface area contributed by atoms with Crippen LogP contribution in [0.2, 0.25) is 0 Å². The van der Waals surface area contributed by atoms with E-state index in [1.807, 2.05) is 12.3 Å². The molecule has 2 radical (unpaired) electrons. The molecule has 1 aromatic rings. The summed E-state index contributed by atoms with van der Waals surface area (Å²) >= 11 is 0.